The standard InChI is InChI=1S/C13H13F3N4O4S/c1-8-9(7-18-19(8)2)6-17-11-4-3-10(5-12(11)20(21)22)25(23,24)13(14,15)16/h3-5,7,17H,6H2,1-2H3. The lowest BCUT2D eigenvalue weighted by atomic mass is 10.2. The molecule has 0 bridgehead atoms. The van der Waals surface area contributed by atoms with E-state index < -0.39 is 30.9 Å². The predicted molar refractivity (Wildman–Crippen MR) is 81.6 cm³/mol. The van der Waals surface area contributed by atoms with Crippen LogP contribution in [0.3, 0.4) is 0 Å². The molecular formula is C13H13F3N4O4S. The van der Waals surface area contributed by atoms with Gasteiger partial charge in [0.15, 0.2) is 0 Å². The Morgan fingerprint density at radius 3 is 2.48 bits per heavy atom. The Morgan fingerprint density at radius 1 is 1.36 bits per heavy atom. The van der Waals surface area contributed by atoms with Gasteiger partial charge < -0.3 is 5.32 Å². The van der Waals surface area contributed by atoms with Crippen LogP contribution in [0.15, 0.2) is 29.3 Å². The lowest BCUT2D eigenvalue weighted by Gasteiger charge is -2.11. The number of anilines is 1. The van der Waals surface area contributed by atoms with Crippen molar-refractivity contribution < 1.29 is 26.5 Å². The molecule has 0 aliphatic carbocycles. The average Bonchev–Trinajstić information content (AvgIpc) is 2.83. The number of nitro groups is 1. The SMILES string of the molecule is Cc1c(CNc2ccc(S(=O)(=O)C(F)(F)F)cc2[N+](=O)[O-])cnn1C. The number of rotatable bonds is 5. The molecule has 0 radical (unpaired) electrons. The first-order chi connectivity index (χ1) is 11.4. The Labute approximate surface area is 140 Å². The highest BCUT2D eigenvalue weighted by atomic mass is 32.2. The summed E-state index contributed by atoms with van der Waals surface area (Å²) in [6, 6.07) is 2.00. The summed E-state index contributed by atoms with van der Waals surface area (Å²) in [5.41, 5.74) is -4.89. The van der Waals surface area contributed by atoms with Crippen molar-refractivity contribution in [2.75, 3.05) is 5.32 Å². The van der Waals surface area contributed by atoms with Gasteiger partial charge in [0.1, 0.15) is 5.69 Å². The molecule has 0 atom stereocenters. The maximum absolute atomic E-state index is 12.6. The third-order valence-corrected chi connectivity index (χ3v) is 5.07. The second-order valence-electron chi connectivity index (χ2n) is 5.12. The molecule has 25 heavy (non-hydrogen) atoms. The summed E-state index contributed by atoms with van der Waals surface area (Å²) in [6.07, 6.45) is 1.54. The molecule has 8 nitrogen and oxygen atoms in total. The number of sulfone groups is 1. The molecule has 0 aliphatic heterocycles. The molecule has 1 aromatic carbocycles. The molecule has 1 N–H and O–H groups in total. The number of nitro benzene ring substituents is 1. The highest BCUT2D eigenvalue weighted by molar-refractivity contribution is 7.92. The maximum Gasteiger partial charge on any atom is 0.501 e. The number of benzene rings is 1. The van der Waals surface area contributed by atoms with Gasteiger partial charge in [-0.2, -0.15) is 18.3 Å². The summed E-state index contributed by atoms with van der Waals surface area (Å²) in [5.74, 6) is 0. The van der Waals surface area contributed by atoms with Gasteiger partial charge >= 0.3 is 5.51 Å². The van der Waals surface area contributed by atoms with Crippen LogP contribution in [0.1, 0.15) is 11.3 Å². The second kappa shape index (κ2) is 6.35. The molecule has 1 aromatic heterocycles. The van der Waals surface area contributed by atoms with E-state index in [1.807, 2.05) is 0 Å². The van der Waals surface area contributed by atoms with Gasteiger partial charge in [-0.1, -0.05) is 0 Å². The lowest BCUT2D eigenvalue weighted by molar-refractivity contribution is -0.384. The normalized spacial score (nSPS) is 12.2. The molecule has 2 aromatic rings. The fourth-order valence-corrected chi connectivity index (χ4v) is 2.80. The molecular weight excluding hydrogens is 365 g/mol. The van der Waals surface area contributed by atoms with Crippen LogP contribution < -0.4 is 5.32 Å². The zero-order valence-electron chi connectivity index (χ0n) is 13.0. The van der Waals surface area contributed by atoms with Crippen LogP contribution in [0.25, 0.3) is 0 Å². The van der Waals surface area contributed by atoms with Crippen LogP contribution in [0, 0.1) is 17.0 Å². The fraction of sp³-hybridized carbons (Fsp3) is 0.308. The van der Waals surface area contributed by atoms with Crippen molar-refractivity contribution in [2.45, 2.75) is 23.9 Å². The van der Waals surface area contributed by atoms with Crippen LogP contribution in [-0.2, 0) is 23.4 Å². The summed E-state index contributed by atoms with van der Waals surface area (Å²) in [7, 11) is -3.96. The molecule has 1 heterocycles. The second-order valence-corrected chi connectivity index (χ2v) is 7.06. The molecule has 0 spiro atoms. The van der Waals surface area contributed by atoms with Crippen molar-refractivity contribution in [2.24, 2.45) is 7.05 Å². The van der Waals surface area contributed by atoms with Gasteiger partial charge in [-0.25, -0.2) is 8.42 Å². The minimum absolute atomic E-state index is 0.102. The molecule has 0 aliphatic rings. The number of alkyl halides is 3. The summed E-state index contributed by atoms with van der Waals surface area (Å²) in [4.78, 5) is 8.97. The third kappa shape index (κ3) is 3.57. The van der Waals surface area contributed by atoms with Gasteiger partial charge in [0.25, 0.3) is 15.5 Å². The van der Waals surface area contributed by atoms with Crippen LogP contribution in [-0.4, -0.2) is 28.6 Å². The van der Waals surface area contributed by atoms with E-state index in [1.165, 1.54) is 6.20 Å². The number of nitrogens with one attached hydrogen (secondary N) is 1. The van der Waals surface area contributed by atoms with Gasteiger partial charge in [0.2, 0.25) is 0 Å². The van der Waals surface area contributed by atoms with Crippen LogP contribution in [0.5, 0.6) is 0 Å². The summed E-state index contributed by atoms with van der Waals surface area (Å²) in [5, 5.41) is 17.8. The summed E-state index contributed by atoms with van der Waals surface area (Å²) >= 11 is 0. The molecule has 0 saturated carbocycles. The Balaban J connectivity index is 2.37. The van der Waals surface area contributed by atoms with E-state index in [9.17, 15) is 31.7 Å². The van der Waals surface area contributed by atoms with E-state index in [0.29, 0.717) is 12.1 Å². The Bertz CT molecular complexity index is 922. The number of aryl methyl sites for hydroxylation is 1. The van der Waals surface area contributed by atoms with E-state index in [1.54, 1.807) is 18.7 Å². The lowest BCUT2D eigenvalue weighted by Crippen LogP contribution is -2.23. The first kappa shape index (κ1) is 18.7. The van der Waals surface area contributed by atoms with Crippen LogP contribution in [0.2, 0.25) is 0 Å². The zero-order valence-corrected chi connectivity index (χ0v) is 13.8. The summed E-state index contributed by atoms with van der Waals surface area (Å²) in [6.45, 7) is 1.91. The smallest absolute Gasteiger partial charge is 0.375 e. The highest BCUT2D eigenvalue weighted by Crippen LogP contribution is 2.34. The molecule has 136 valence electrons. The van der Waals surface area contributed by atoms with E-state index in [2.05, 4.69) is 10.4 Å². The third-order valence-electron chi connectivity index (χ3n) is 3.59. The minimum Gasteiger partial charge on any atom is -0.375 e. The summed E-state index contributed by atoms with van der Waals surface area (Å²) < 4.78 is 62.1. The van der Waals surface area contributed by atoms with Crippen molar-refractivity contribution in [1.82, 2.24) is 9.78 Å². The number of nitrogens with zero attached hydrogens (tertiary/aromatic N) is 3. The molecule has 0 fully saturated rings. The van der Waals surface area contributed by atoms with E-state index >= 15 is 0 Å². The van der Waals surface area contributed by atoms with E-state index in [4.69, 9.17) is 0 Å². The number of halogens is 3. The molecule has 12 heteroatoms. The van der Waals surface area contributed by atoms with Gasteiger partial charge in [-0.3, -0.25) is 14.8 Å². The van der Waals surface area contributed by atoms with Crippen molar-refractivity contribution in [1.29, 1.82) is 0 Å². The predicted octanol–water partition coefficient (Wildman–Crippen LogP) is 2.54. The largest absolute Gasteiger partial charge is 0.501 e. The average molecular weight is 378 g/mol. The minimum atomic E-state index is -5.67. The first-order valence-electron chi connectivity index (χ1n) is 6.76. The van der Waals surface area contributed by atoms with Crippen molar-refractivity contribution in [3.63, 3.8) is 0 Å². The van der Waals surface area contributed by atoms with Crippen LogP contribution in [0.4, 0.5) is 24.5 Å². The quantitative estimate of drug-likeness (QED) is 0.633. The fourth-order valence-electron chi connectivity index (χ4n) is 2.02. The Kier molecular flexibility index (Phi) is 4.75. The first-order valence-corrected chi connectivity index (χ1v) is 8.24. The van der Waals surface area contributed by atoms with Crippen molar-refractivity contribution >= 4 is 21.2 Å². The van der Waals surface area contributed by atoms with Crippen molar-refractivity contribution in [3.8, 4) is 0 Å². The zero-order chi connectivity index (χ0) is 19.0. The van der Waals surface area contributed by atoms with E-state index in [0.717, 1.165) is 17.3 Å². The van der Waals surface area contributed by atoms with Gasteiger partial charge in [0, 0.05) is 30.9 Å². The van der Waals surface area contributed by atoms with Gasteiger partial charge in [-0.15, -0.1) is 0 Å². The maximum atomic E-state index is 12.6. The topological polar surface area (TPSA) is 107 Å². The number of hydrogen-bond acceptors (Lipinski definition) is 6. The van der Waals surface area contributed by atoms with Crippen molar-refractivity contribution in [3.05, 3.63) is 45.8 Å². The Morgan fingerprint density at radius 2 is 2.00 bits per heavy atom. The van der Waals surface area contributed by atoms with Gasteiger partial charge in [0.05, 0.1) is 16.0 Å². The number of hydrogen-bond donors (Lipinski definition) is 1. The highest BCUT2D eigenvalue weighted by Gasteiger charge is 2.47. The monoisotopic (exact) mass is 378 g/mol. The molecule has 0 amide bonds. The Hall–Kier alpha value is -2.63. The van der Waals surface area contributed by atoms with E-state index in [-0.39, 0.29) is 12.2 Å². The molecule has 0 unspecified atom stereocenters. The number of aromatic nitrogens is 2. The molecule has 0 saturated heterocycles. The molecule has 2 rings (SSSR count). The van der Waals surface area contributed by atoms with Gasteiger partial charge in [-0.05, 0) is 19.1 Å². The van der Waals surface area contributed by atoms with Crippen LogP contribution >= 0.6 is 0 Å².